The fourth-order valence-electron chi connectivity index (χ4n) is 3.47. The maximum Gasteiger partial charge on any atom is 0.320 e. The Labute approximate surface area is 186 Å². The average molecular weight is 422 g/mol. The maximum atomic E-state index is 11.5. The lowest BCUT2D eigenvalue weighted by atomic mass is 10.0. The van der Waals surface area contributed by atoms with Crippen LogP contribution in [0.2, 0.25) is 0 Å². The number of carbonyl (C=O) groups is 1. The maximum absolute atomic E-state index is 11.5. The molecule has 0 saturated heterocycles. The largest absolute Gasteiger partial charge is 0.377 e. The zero-order valence-corrected chi connectivity index (χ0v) is 17.8. The predicted molar refractivity (Wildman–Crippen MR) is 126 cm³/mol. The molecule has 0 fully saturated rings. The highest BCUT2D eigenvalue weighted by atomic mass is 16.2. The first-order valence-electron chi connectivity index (χ1n) is 10.2. The molecule has 0 aliphatic rings. The zero-order chi connectivity index (χ0) is 22.5. The number of nitrogens with zero attached hydrogens (tertiary/aromatic N) is 3. The summed E-state index contributed by atoms with van der Waals surface area (Å²) >= 11 is 0. The summed E-state index contributed by atoms with van der Waals surface area (Å²) in [5, 5.41) is 19.2. The van der Waals surface area contributed by atoms with Gasteiger partial charge in [0, 0.05) is 36.4 Å². The SMILES string of the molecule is CNC(=O)Nc1ccc(-c2ccc3ncc(C#N)c(NC(C)c4ccccc4)c3c2)cn1. The number of aromatic nitrogens is 2. The molecule has 2 aromatic carbocycles. The van der Waals surface area contributed by atoms with E-state index in [-0.39, 0.29) is 12.1 Å². The molecule has 2 amide bonds. The number of fused-ring (bicyclic) bond motifs is 1. The molecule has 32 heavy (non-hydrogen) atoms. The van der Waals surface area contributed by atoms with E-state index < -0.39 is 0 Å². The van der Waals surface area contributed by atoms with E-state index in [9.17, 15) is 10.1 Å². The topological polar surface area (TPSA) is 103 Å². The van der Waals surface area contributed by atoms with E-state index in [4.69, 9.17) is 0 Å². The van der Waals surface area contributed by atoms with Gasteiger partial charge in [-0.05, 0) is 42.3 Å². The van der Waals surface area contributed by atoms with Crippen LogP contribution in [-0.4, -0.2) is 23.0 Å². The Morgan fingerprint density at radius 3 is 2.47 bits per heavy atom. The summed E-state index contributed by atoms with van der Waals surface area (Å²) in [5.74, 6) is 0.460. The van der Waals surface area contributed by atoms with E-state index in [1.807, 2.05) is 42.5 Å². The molecule has 7 heteroatoms. The molecule has 4 aromatic rings. The van der Waals surface area contributed by atoms with Crippen molar-refractivity contribution in [3.8, 4) is 17.2 Å². The molecule has 3 N–H and O–H groups in total. The van der Waals surface area contributed by atoms with Gasteiger partial charge in [-0.1, -0.05) is 36.4 Å². The van der Waals surface area contributed by atoms with Gasteiger partial charge in [0.1, 0.15) is 11.9 Å². The van der Waals surface area contributed by atoms with Crippen LogP contribution in [0.1, 0.15) is 24.1 Å². The molecule has 0 aliphatic carbocycles. The van der Waals surface area contributed by atoms with Gasteiger partial charge in [-0.15, -0.1) is 0 Å². The second kappa shape index (κ2) is 9.14. The van der Waals surface area contributed by atoms with Crippen LogP contribution in [0.25, 0.3) is 22.0 Å². The molecule has 4 rings (SSSR count). The molecule has 0 bridgehead atoms. The molecule has 1 atom stereocenters. The Hall–Kier alpha value is -4.44. The Morgan fingerprint density at radius 1 is 1.00 bits per heavy atom. The molecule has 2 heterocycles. The van der Waals surface area contributed by atoms with Crippen LogP contribution in [0.15, 0.2) is 73.1 Å². The van der Waals surface area contributed by atoms with Crippen molar-refractivity contribution in [3.63, 3.8) is 0 Å². The molecule has 7 nitrogen and oxygen atoms in total. The van der Waals surface area contributed by atoms with Gasteiger partial charge in [0.25, 0.3) is 0 Å². The van der Waals surface area contributed by atoms with E-state index >= 15 is 0 Å². The second-order valence-corrected chi connectivity index (χ2v) is 7.30. The van der Waals surface area contributed by atoms with Crippen LogP contribution in [0, 0.1) is 11.3 Å². The van der Waals surface area contributed by atoms with Crippen LogP contribution < -0.4 is 16.0 Å². The van der Waals surface area contributed by atoms with Crippen molar-refractivity contribution in [2.24, 2.45) is 0 Å². The predicted octanol–water partition coefficient (Wildman–Crippen LogP) is 5.09. The lowest BCUT2D eigenvalue weighted by Gasteiger charge is -2.18. The van der Waals surface area contributed by atoms with E-state index in [1.54, 1.807) is 25.5 Å². The lowest BCUT2D eigenvalue weighted by Crippen LogP contribution is -2.24. The van der Waals surface area contributed by atoms with Gasteiger partial charge < -0.3 is 10.6 Å². The number of nitriles is 1. The minimum atomic E-state index is -0.325. The Balaban J connectivity index is 1.72. The van der Waals surface area contributed by atoms with Gasteiger partial charge in [-0.25, -0.2) is 9.78 Å². The van der Waals surface area contributed by atoms with Gasteiger partial charge in [0.15, 0.2) is 0 Å². The van der Waals surface area contributed by atoms with Crippen LogP contribution >= 0.6 is 0 Å². The number of anilines is 2. The number of rotatable bonds is 5. The number of nitrogens with one attached hydrogen (secondary N) is 3. The fourth-order valence-corrected chi connectivity index (χ4v) is 3.47. The first kappa shape index (κ1) is 20.8. The standard InChI is InChI=1S/C25H22N6O/c1-16(17-6-4-3-5-7-17)30-24-20(13-26)15-28-22-10-8-18(12-21(22)24)19-9-11-23(29-14-19)31-25(32)27-2/h3-12,14-16H,1-2H3,(H,28,30)(H2,27,29,31,32). The fraction of sp³-hybridized carbons (Fsp3) is 0.120. The van der Waals surface area contributed by atoms with Gasteiger partial charge in [0.05, 0.1) is 16.8 Å². The van der Waals surface area contributed by atoms with Crippen LogP contribution in [0.5, 0.6) is 0 Å². The van der Waals surface area contributed by atoms with Gasteiger partial charge in [-0.3, -0.25) is 10.3 Å². The van der Waals surface area contributed by atoms with Gasteiger partial charge in [-0.2, -0.15) is 5.26 Å². The number of carbonyl (C=O) groups excluding carboxylic acids is 1. The van der Waals surface area contributed by atoms with Gasteiger partial charge in [0.2, 0.25) is 0 Å². The van der Waals surface area contributed by atoms with Crippen molar-refractivity contribution in [3.05, 3.63) is 84.2 Å². The summed E-state index contributed by atoms with van der Waals surface area (Å²) in [6.45, 7) is 2.06. The van der Waals surface area contributed by atoms with E-state index in [2.05, 4.69) is 51.0 Å². The quantitative estimate of drug-likeness (QED) is 0.416. The smallest absolute Gasteiger partial charge is 0.320 e. The normalized spacial score (nSPS) is 11.4. The summed E-state index contributed by atoms with van der Waals surface area (Å²) in [6, 6.07) is 21.6. The molecule has 0 spiro atoms. The van der Waals surface area contributed by atoms with E-state index in [0.717, 1.165) is 33.3 Å². The Bertz CT molecular complexity index is 1300. The third kappa shape index (κ3) is 4.35. The minimum absolute atomic E-state index is 0.00860. The van der Waals surface area contributed by atoms with Crippen molar-refractivity contribution in [2.45, 2.75) is 13.0 Å². The van der Waals surface area contributed by atoms with Crippen molar-refractivity contribution in [2.75, 3.05) is 17.7 Å². The van der Waals surface area contributed by atoms with E-state index in [1.165, 1.54) is 0 Å². The minimum Gasteiger partial charge on any atom is -0.377 e. The monoisotopic (exact) mass is 422 g/mol. The van der Waals surface area contributed by atoms with E-state index in [0.29, 0.717) is 11.4 Å². The first-order chi connectivity index (χ1) is 15.6. The van der Waals surface area contributed by atoms with Crippen molar-refractivity contribution in [1.82, 2.24) is 15.3 Å². The number of pyridine rings is 2. The summed E-state index contributed by atoms with van der Waals surface area (Å²) in [7, 11) is 1.55. The van der Waals surface area contributed by atoms with Gasteiger partial charge >= 0.3 is 6.03 Å². The average Bonchev–Trinajstić information content (AvgIpc) is 2.84. The van der Waals surface area contributed by atoms with Crippen LogP contribution in [0.4, 0.5) is 16.3 Å². The molecule has 0 saturated carbocycles. The summed E-state index contributed by atoms with van der Waals surface area (Å²) < 4.78 is 0. The van der Waals surface area contributed by atoms with Crippen LogP contribution in [0.3, 0.4) is 0 Å². The zero-order valence-electron chi connectivity index (χ0n) is 17.8. The van der Waals surface area contributed by atoms with Crippen molar-refractivity contribution >= 4 is 28.4 Å². The Morgan fingerprint density at radius 2 is 1.78 bits per heavy atom. The molecule has 2 aromatic heterocycles. The highest BCUT2D eigenvalue weighted by Gasteiger charge is 2.14. The third-order valence-electron chi connectivity index (χ3n) is 5.21. The number of hydrogen-bond acceptors (Lipinski definition) is 5. The summed E-state index contributed by atoms with van der Waals surface area (Å²) in [6.07, 6.45) is 3.30. The summed E-state index contributed by atoms with van der Waals surface area (Å²) in [5.41, 5.74) is 4.98. The molecular weight excluding hydrogens is 400 g/mol. The van der Waals surface area contributed by atoms with Crippen LogP contribution in [-0.2, 0) is 0 Å². The Kier molecular flexibility index (Phi) is 5.95. The molecule has 0 aliphatic heterocycles. The number of urea groups is 1. The molecule has 158 valence electrons. The molecule has 1 unspecified atom stereocenters. The highest BCUT2D eigenvalue weighted by molar-refractivity contribution is 5.97. The lowest BCUT2D eigenvalue weighted by molar-refractivity contribution is 0.254. The number of hydrogen-bond donors (Lipinski definition) is 3. The third-order valence-corrected chi connectivity index (χ3v) is 5.21. The van der Waals surface area contributed by atoms with Crippen molar-refractivity contribution < 1.29 is 4.79 Å². The number of benzene rings is 2. The first-order valence-corrected chi connectivity index (χ1v) is 10.2. The molecule has 0 radical (unpaired) electrons. The highest BCUT2D eigenvalue weighted by Crippen LogP contribution is 2.32. The summed E-state index contributed by atoms with van der Waals surface area (Å²) in [4.78, 5) is 20.2. The van der Waals surface area contributed by atoms with Crippen molar-refractivity contribution in [1.29, 1.82) is 5.26 Å². The second-order valence-electron chi connectivity index (χ2n) is 7.30. The number of amides is 2. The molecular formula is C25H22N6O.